The summed E-state index contributed by atoms with van der Waals surface area (Å²) in [6.07, 6.45) is 5.68. The molecule has 3 heteroatoms. The predicted molar refractivity (Wildman–Crippen MR) is 62.3 cm³/mol. The van der Waals surface area contributed by atoms with Crippen molar-refractivity contribution in [2.24, 2.45) is 11.8 Å². The van der Waals surface area contributed by atoms with E-state index in [2.05, 4.69) is 0 Å². The Kier molecular flexibility index (Phi) is 4.62. The Balaban J connectivity index is 1.62. The molecule has 0 bridgehead atoms. The highest BCUT2D eigenvalue weighted by Crippen LogP contribution is 2.35. The third kappa shape index (κ3) is 3.19. The van der Waals surface area contributed by atoms with E-state index in [0.29, 0.717) is 17.9 Å². The van der Waals surface area contributed by atoms with Crippen LogP contribution in [0.4, 0.5) is 0 Å². The molecular weight excluding hydrogens is 204 g/mol. The number of rotatable bonds is 5. The average Bonchev–Trinajstić information content (AvgIpc) is 2.27. The summed E-state index contributed by atoms with van der Waals surface area (Å²) in [6.45, 7) is 4.52. The Morgan fingerprint density at radius 2 is 2.00 bits per heavy atom. The van der Waals surface area contributed by atoms with Crippen LogP contribution >= 0.6 is 0 Å². The molecule has 0 aromatic carbocycles. The maximum Gasteiger partial charge on any atom is 0.0580 e. The molecule has 1 saturated heterocycles. The van der Waals surface area contributed by atoms with Crippen molar-refractivity contribution in [2.75, 3.05) is 19.8 Å². The van der Waals surface area contributed by atoms with Crippen LogP contribution in [0.1, 0.15) is 39.0 Å². The van der Waals surface area contributed by atoms with E-state index in [9.17, 15) is 5.11 Å². The molecule has 16 heavy (non-hydrogen) atoms. The fraction of sp³-hybridized carbons (Fsp3) is 1.00. The fourth-order valence-electron chi connectivity index (χ4n) is 2.87. The van der Waals surface area contributed by atoms with Crippen molar-refractivity contribution in [3.63, 3.8) is 0 Å². The van der Waals surface area contributed by atoms with Gasteiger partial charge in [0.1, 0.15) is 0 Å². The molecular formula is C13H24O3. The number of aliphatic hydroxyl groups excluding tert-OH is 1. The number of hydrogen-bond donors (Lipinski definition) is 1. The Labute approximate surface area is 98.1 Å². The van der Waals surface area contributed by atoms with E-state index in [4.69, 9.17) is 9.47 Å². The molecule has 1 aliphatic carbocycles. The standard InChI is InChI=1S/C13H24O3/c1-2-16-12-7-10(8-12)9-13(14)11-3-5-15-6-4-11/h10-14H,2-9H2,1H3. The summed E-state index contributed by atoms with van der Waals surface area (Å²) < 4.78 is 10.8. The van der Waals surface area contributed by atoms with Crippen molar-refractivity contribution in [1.82, 2.24) is 0 Å². The minimum absolute atomic E-state index is 0.114. The molecule has 1 N–H and O–H groups in total. The second-order valence-corrected chi connectivity index (χ2v) is 5.17. The maximum absolute atomic E-state index is 10.1. The Morgan fingerprint density at radius 1 is 1.31 bits per heavy atom. The highest BCUT2D eigenvalue weighted by Gasteiger charge is 2.33. The van der Waals surface area contributed by atoms with Gasteiger partial charge in [-0.2, -0.15) is 0 Å². The number of ether oxygens (including phenoxy) is 2. The van der Waals surface area contributed by atoms with Crippen LogP contribution in [-0.2, 0) is 9.47 Å². The molecule has 1 saturated carbocycles. The van der Waals surface area contributed by atoms with Crippen molar-refractivity contribution >= 4 is 0 Å². The normalized spacial score (nSPS) is 33.4. The van der Waals surface area contributed by atoms with E-state index in [0.717, 1.165) is 51.9 Å². The number of aliphatic hydroxyl groups is 1. The van der Waals surface area contributed by atoms with E-state index in [1.807, 2.05) is 6.92 Å². The molecule has 1 unspecified atom stereocenters. The summed E-state index contributed by atoms with van der Waals surface area (Å²) in [7, 11) is 0. The average molecular weight is 228 g/mol. The van der Waals surface area contributed by atoms with Gasteiger partial charge in [0.25, 0.3) is 0 Å². The topological polar surface area (TPSA) is 38.7 Å². The van der Waals surface area contributed by atoms with E-state index in [1.54, 1.807) is 0 Å². The zero-order valence-electron chi connectivity index (χ0n) is 10.2. The third-order valence-electron chi connectivity index (χ3n) is 3.98. The van der Waals surface area contributed by atoms with Crippen LogP contribution in [0.15, 0.2) is 0 Å². The molecule has 0 spiro atoms. The van der Waals surface area contributed by atoms with E-state index in [-0.39, 0.29) is 6.10 Å². The highest BCUT2D eigenvalue weighted by atomic mass is 16.5. The van der Waals surface area contributed by atoms with Gasteiger partial charge < -0.3 is 14.6 Å². The lowest BCUT2D eigenvalue weighted by Gasteiger charge is -2.38. The lowest BCUT2D eigenvalue weighted by atomic mass is 9.76. The summed E-state index contributed by atoms with van der Waals surface area (Å²) >= 11 is 0. The lowest BCUT2D eigenvalue weighted by molar-refractivity contribution is -0.0534. The van der Waals surface area contributed by atoms with Crippen LogP contribution in [0.25, 0.3) is 0 Å². The predicted octanol–water partition coefficient (Wildman–Crippen LogP) is 1.98. The summed E-state index contributed by atoms with van der Waals surface area (Å²) in [6, 6.07) is 0. The van der Waals surface area contributed by atoms with Gasteiger partial charge in [-0.3, -0.25) is 0 Å². The molecule has 1 atom stereocenters. The van der Waals surface area contributed by atoms with Gasteiger partial charge in [0.15, 0.2) is 0 Å². The smallest absolute Gasteiger partial charge is 0.0580 e. The van der Waals surface area contributed by atoms with E-state index < -0.39 is 0 Å². The Morgan fingerprint density at radius 3 is 2.62 bits per heavy atom. The molecule has 1 aliphatic heterocycles. The first-order valence-corrected chi connectivity index (χ1v) is 6.67. The maximum atomic E-state index is 10.1. The van der Waals surface area contributed by atoms with Gasteiger partial charge in [-0.1, -0.05) is 0 Å². The quantitative estimate of drug-likeness (QED) is 0.782. The summed E-state index contributed by atoms with van der Waals surface area (Å²) in [4.78, 5) is 0. The monoisotopic (exact) mass is 228 g/mol. The van der Waals surface area contributed by atoms with Gasteiger partial charge in [-0.25, -0.2) is 0 Å². The van der Waals surface area contributed by atoms with Crippen molar-refractivity contribution in [3.05, 3.63) is 0 Å². The largest absolute Gasteiger partial charge is 0.393 e. The molecule has 0 amide bonds. The Hall–Kier alpha value is -0.120. The lowest BCUT2D eigenvalue weighted by Crippen LogP contribution is -2.36. The zero-order chi connectivity index (χ0) is 11.4. The molecule has 3 nitrogen and oxygen atoms in total. The van der Waals surface area contributed by atoms with Crippen LogP contribution in [0.5, 0.6) is 0 Å². The van der Waals surface area contributed by atoms with Gasteiger partial charge in [0.2, 0.25) is 0 Å². The van der Waals surface area contributed by atoms with Crippen LogP contribution in [0, 0.1) is 11.8 Å². The minimum atomic E-state index is -0.114. The molecule has 0 aromatic heterocycles. The molecule has 0 radical (unpaired) electrons. The molecule has 2 aliphatic rings. The van der Waals surface area contributed by atoms with Crippen molar-refractivity contribution < 1.29 is 14.6 Å². The SMILES string of the molecule is CCOC1CC(CC(O)C2CCOCC2)C1. The first kappa shape index (κ1) is 12.3. The second-order valence-electron chi connectivity index (χ2n) is 5.17. The van der Waals surface area contributed by atoms with Gasteiger partial charge >= 0.3 is 0 Å². The van der Waals surface area contributed by atoms with Crippen molar-refractivity contribution in [2.45, 2.75) is 51.2 Å². The molecule has 94 valence electrons. The van der Waals surface area contributed by atoms with Crippen LogP contribution in [-0.4, -0.2) is 37.1 Å². The second kappa shape index (κ2) is 5.99. The van der Waals surface area contributed by atoms with Crippen LogP contribution < -0.4 is 0 Å². The summed E-state index contributed by atoms with van der Waals surface area (Å²) in [5.74, 6) is 1.16. The first-order valence-electron chi connectivity index (χ1n) is 6.67. The van der Waals surface area contributed by atoms with Crippen molar-refractivity contribution in [1.29, 1.82) is 0 Å². The van der Waals surface area contributed by atoms with Crippen molar-refractivity contribution in [3.8, 4) is 0 Å². The minimum Gasteiger partial charge on any atom is -0.393 e. The zero-order valence-corrected chi connectivity index (χ0v) is 10.2. The third-order valence-corrected chi connectivity index (χ3v) is 3.98. The van der Waals surface area contributed by atoms with Gasteiger partial charge in [-0.05, 0) is 50.9 Å². The first-order chi connectivity index (χ1) is 7.79. The van der Waals surface area contributed by atoms with Crippen LogP contribution in [0.3, 0.4) is 0 Å². The summed E-state index contributed by atoms with van der Waals surface area (Å²) in [5.41, 5.74) is 0. The van der Waals surface area contributed by atoms with Crippen LogP contribution in [0.2, 0.25) is 0 Å². The molecule has 1 heterocycles. The molecule has 2 fully saturated rings. The Bertz CT molecular complexity index is 195. The van der Waals surface area contributed by atoms with E-state index in [1.165, 1.54) is 0 Å². The molecule has 0 aromatic rings. The number of hydrogen-bond acceptors (Lipinski definition) is 3. The molecule has 2 rings (SSSR count). The highest BCUT2D eigenvalue weighted by molar-refractivity contribution is 4.84. The van der Waals surface area contributed by atoms with Gasteiger partial charge in [-0.15, -0.1) is 0 Å². The van der Waals surface area contributed by atoms with Gasteiger partial charge in [0.05, 0.1) is 12.2 Å². The van der Waals surface area contributed by atoms with Gasteiger partial charge in [0, 0.05) is 19.8 Å². The summed E-state index contributed by atoms with van der Waals surface area (Å²) in [5, 5.41) is 10.1. The fourth-order valence-corrected chi connectivity index (χ4v) is 2.87. The van der Waals surface area contributed by atoms with E-state index >= 15 is 0 Å².